The Balaban J connectivity index is 0.000000121. The van der Waals surface area contributed by atoms with Crippen LogP contribution in [0.3, 0.4) is 0 Å². The summed E-state index contributed by atoms with van der Waals surface area (Å²) in [4.78, 5) is 35.3. The summed E-state index contributed by atoms with van der Waals surface area (Å²) in [5.74, 6) is 2.83. The molecule has 4 unspecified atom stereocenters. The third-order valence-corrected chi connectivity index (χ3v) is 8.57. The number of aliphatic hydroxyl groups is 1. The monoisotopic (exact) mass is 374 g/mol. The molecule has 0 aliphatic heterocycles. The summed E-state index contributed by atoms with van der Waals surface area (Å²) in [5, 5.41) is 10.1. The summed E-state index contributed by atoms with van der Waals surface area (Å²) in [6.45, 7) is 0. The van der Waals surface area contributed by atoms with Crippen molar-refractivity contribution in [2.24, 2.45) is 40.9 Å². The van der Waals surface area contributed by atoms with E-state index in [0.29, 0.717) is 23.4 Å². The largest absolute Gasteiger partial charge is 0.469 e. The minimum Gasteiger partial charge on any atom is -0.469 e. The Kier molecular flexibility index (Phi) is 3.89. The summed E-state index contributed by atoms with van der Waals surface area (Å²) < 4.78 is 4.92. The van der Waals surface area contributed by atoms with Crippen LogP contribution in [0.25, 0.3) is 0 Å². The Morgan fingerprint density at radius 2 is 1.26 bits per heavy atom. The number of ether oxygens (including phenoxy) is 1. The fraction of sp³-hybridized carbons (Fsp3) is 0.864. The molecule has 8 fully saturated rings. The molecule has 1 N–H and O–H groups in total. The molecule has 8 saturated carbocycles. The van der Waals surface area contributed by atoms with E-state index in [2.05, 4.69) is 0 Å². The maximum Gasteiger partial charge on any atom is 0.311 e. The molecule has 0 aromatic carbocycles. The molecule has 0 aromatic heterocycles. The number of hydrogen-bond acceptors (Lipinski definition) is 5. The van der Waals surface area contributed by atoms with E-state index in [-0.39, 0.29) is 35.1 Å². The molecule has 0 heterocycles. The number of methoxy groups -OCH3 is 1. The first-order chi connectivity index (χ1) is 12.8. The number of carbonyl (C=O) groups is 3. The lowest BCUT2D eigenvalue weighted by Gasteiger charge is -2.53. The van der Waals surface area contributed by atoms with Crippen LogP contribution in [-0.2, 0) is 19.1 Å². The fourth-order valence-corrected chi connectivity index (χ4v) is 7.92. The van der Waals surface area contributed by atoms with Gasteiger partial charge in [0, 0.05) is 23.7 Å². The molecule has 8 aliphatic carbocycles. The van der Waals surface area contributed by atoms with E-state index >= 15 is 0 Å². The summed E-state index contributed by atoms with van der Waals surface area (Å²) in [5.41, 5.74) is -0.733. The van der Waals surface area contributed by atoms with Gasteiger partial charge in [-0.15, -0.1) is 0 Å². The second kappa shape index (κ2) is 5.88. The number of carbonyl (C=O) groups excluding carboxylic acids is 3. The highest BCUT2D eigenvalue weighted by molar-refractivity contribution is 5.89. The highest BCUT2D eigenvalue weighted by Crippen LogP contribution is 2.59. The summed E-state index contributed by atoms with van der Waals surface area (Å²) >= 11 is 0. The van der Waals surface area contributed by atoms with Crippen LogP contribution in [0.2, 0.25) is 0 Å². The first-order valence-corrected chi connectivity index (χ1v) is 10.7. The molecule has 5 heteroatoms. The lowest BCUT2D eigenvalue weighted by Crippen LogP contribution is -2.54. The molecule has 0 spiro atoms. The van der Waals surface area contributed by atoms with Gasteiger partial charge < -0.3 is 9.84 Å². The molecule has 4 atom stereocenters. The Morgan fingerprint density at radius 1 is 0.815 bits per heavy atom. The van der Waals surface area contributed by atoms with Gasteiger partial charge in [-0.25, -0.2) is 0 Å². The molecule has 8 aliphatic rings. The van der Waals surface area contributed by atoms with E-state index in [1.165, 1.54) is 7.11 Å². The third-order valence-electron chi connectivity index (χ3n) is 8.57. The van der Waals surface area contributed by atoms with Crippen molar-refractivity contribution in [3.05, 3.63) is 0 Å². The molecule has 27 heavy (non-hydrogen) atoms. The van der Waals surface area contributed by atoms with E-state index in [1.807, 2.05) is 0 Å². The van der Waals surface area contributed by atoms with Crippen LogP contribution in [0.5, 0.6) is 0 Å². The van der Waals surface area contributed by atoms with E-state index < -0.39 is 5.60 Å². The van der Waals surface area contributed by atoms with Gasteiger partial charge in [0.1, 0.15) is 11.6 Å². The quantitative estimate of drug-likeness (QED) is 0.714. The van der Waals surface area contributed by atoms with Gasteiger partial charge in [-0.2, -0.15) is 0 Å². The Morgan fingerprint density at radius 3 is 1.70 bits per heavy atom. The van der Waals surface area contributed by atoms with E-state index in [1.54, 1.807) is 0 Å². The molecule has 0 radical (unpaired) electrons. The van der Waals surface area contributed by atoms with Gasteiger partial charge in [0.05, 0.1) is 18.1 Å². The lowest BCUT2D eigenvalue weighted by atomic mass is 9.49. The number of esters is 1. The maximum absolute atomic E-state index is 11.9. The molecule has 8 bridgehead atoms. The van der Waals surface area contributed by atoms with Crippen molar-refractivity contribution >= 4 is 17.5 Å². The Labute approximate surface area is 160 Å². The Hall–Kier alpha value is -1.23. The predicted octanol–water partition coefficient (Wildman–Crippen LogP) is 2.68. The second-order valence-corrected chi connectivity index (χ2v) is 10.5. The van der Waals surface area contributed by atoms with Crippen molar-refractivity contribution in [1.29, 1.82) is 0 Å². The van der Waals surface area contributed by atoms with Crippen LogP contribution in [0.1, 0.15) is 64.2 Å². The molecule has 5 nitrogen and oxygen atoms in total. The smallest absolute Gasteiger partial charge is 0.311 e. The predicted molar refractivity (Wildman–Crippen MR) is 96.5 cm³/mol. The van der Waals surface area contributed by atoms with E-state index in [9.17, 15) is 19.5 Å². The van der Waals surface area contributed by atoms with Crippen LogP contribution < -0.4 is 0 Å². The number of Topliss-reactive ketones (excluding diaryl/α,β-unsaturated/α-hetero) is 2. The topological polar surface area (TPSA) is 80.7 Å². The van der Waals surface area contributed by atoms with E-state index in [4.69, 9.17) is 4.74 Å². The van der Waals surface area contributed by atoms with Crippen molar-refractivity contribution in [1.82, 2.24) is 0 Å². The van der Waals surface area contributed by atoms with E-state index in [0.717, 1.165) is 64.2 Å². The molecule has 0 amide bonds. The zero-order valence-electron chi connectivity index (χ0n) is 16.1. The number of ketones is 2. The first-order valence-electron chi connectivity index (χ1n) is 10.7. The molecule has 0 saturated heterocycles. The zero-order valence-corrected chi connectivity index (χ0v) is 16.1. The van der Waals surface area contributed by atoms with Crippen molar-refractivity contribution < 1.29 is 24.2 Å². The molecular formula is C22H30O5. The average Bonchev–Trinajstić information content (AvgIpc) is 2.61. The van der Waals surface area contributed by atoms with Crippen molar-refractivity contribution in [2.75, 3.05) is 7.11 Å². The SMILES string of the molecule is COC(=O)C12CC3CC(C1)C(=O)C(C3)C2.O=C1C2CC3CC1CC(O)(C3)C2. The highest BCUT2D eigenvalue weighted by atomic mass is 16.5. The van der Waals surface area contributed by atoms with Crippen LogP contribution >= 0.6 is 0 Å². The lowest BCUT2D eigenvalue weighted by molar-refractivity contribution is -0.172. The van der Waals surface area contributed by atoms with Gasteiger partial charge in [-0.3, -0.25) is 14.4 Å². The summed E-state index contributed by atoms with van der Waals surface area (Å²) in [6, 6.07) is 0. The third kappa shape index (κ3) is 2.72. The van der Waals surface area contributed by atoms with Gasteiger partial charge >= 0.3 is 5.97 Å². The van der Waals surface area contributed by atoms with Gasteiger partial charge in [0.2, 0.25) is 0 Å². The summed E-state index contributed by atoms with van der Waals surface area (Å²) in [7, 11) is 1.46. The average molecular weight is 374 g/mol. The molecular weight excluding hydrogens is 344 g/mol. The highest BCUT2D eigenvalue weighted by Gasteiger charge is 2.59. The standard InChI is InChI=1S/C12H16O3.C10H14O2/c1-15-11(14)12-4-7-2-8(5-12)10(13)9(3-7)6-12;11-9-7-1-6-2-8(9)5-10(12,3-6)4-7/h7-9H,2-6H2,1H3;6-8,12H,1-5H2. The number of hydrogen-bond donors (Lipinski definition) is 1. The normalized spacial score (nSPS) is 51.2. The first kappa shape index (κ1) is 17.8. The van der Waals surface area contributed by atoms with Crippen molar-refractivity contribution in [3.63, 3.8) is 0 Å². The van der Waals surface area contributed by atoms with Crippen molar-refractivity contribution in [2.45, 2.75) is 69.8 Å². The van der Waals surface area contributed by atoms with Crippen LogP contribution in [0.4, 0.5) is 0 Å². The minimum atomic E-state index is -0.440. The Bertz CT molecular complexity index is 661. The molecule has 148 valence electrons. The van der Waals surface area contributed by atoms with Gasteiger partial charge in [-0.1, -0.05) is 0 Å². The van der Waals surface area contributed by atoms with Crippen LogP contribution in [0.15, 0.2) is 0 Å². The zero-order chi connectivity index (χ0) is 19.0. The van der Waals surface area contributed by atoms with Gasteiger partial charge in [0.15, 0.2) is 0 Å². The van der Waals surface area contributed by atoms with Crippen molar-refractivity contribution in [3.8, 4) is 0 Å². The fourth-order valence-electron chi connectivity index (χ4n) is 7.92. The maximum atomic E-state index is 11.9. The van der Waals surface area contributed by atoms with Crippen LogP contribution in [-0.4, -0.2) is 35.4 Å². The van der Waals surface area contributed by atoms with Gasteiger partial charge in [-0.05, 0) is 76.0 Å². The van der Waals surface area contributed by atoms with Crippen LogP contribution in [0, 0.1) is 40.9 Å². The second-order valence-electron chi connectivity index (χ2n) is 10.5. The minimum absolute atomic E-state index is 0.0746. The number of rotatable bonds is 1. The summed E-state index contributed by atoms with van der Waals surface area (Å²) in [6.07, 6.45) is 9.14. The van der Waals surface area contributed by atoms with Gasteiger partial charge in [0.25, 0.3) is 0 Å². The molecule has 0 aromatic rings. The molecule has 8 rings (SSSR count).